The molecule has 0 bridgehead atoms. The first-order valence-electron chi connectivity index (χ1n) is 5.18. The average molecular weight is 239 g/mol. The number of benzene rings is 1. The zero-order valence-electron chi connectivity index (χ0n) is 8.74. The summed E-state index contributed by atoms with van der Waals surface area (Å²) in [5, 5.41) is 0. The van der Waals surface area contributed by atoms with Crippen LogP contribution in [0.4, 0.5) is 0 Å². The smallest absolute Gasteiger partial charge is 0.243 e. The van der Waals surface area contributed by atoms with Crippen LogP contribution < -0.4 is 0 Å². The fourth-order valence-corrected chi connectivity index (χ4v) is 3.58. The van der Waals surface area contributed by atoms with Crippen LogP contribution in [0.15, 0.2) is 35.2 Å². The van der Waals surface area contributed by atoms with E-state index in [1.807, 2.05) is 0 Å². The maximum absolute atomic E-state index is 12.2. The van der Waals surface area contributed by atoms with Gasteiger partial charge >= 0.3 is 0 Å². The summed E-state index contributed by atoms with van der Waals surface area (Å²) in [7, 11) is -3.50. The van der Waals surface area contributed by atoms with Gasteiger partial charge in [-0.2, -0.15) is 4.31 Å². The third-order valence-corrected chi connectivity index (χ3v) is 4.69. The van der Waals surface area contributed by atoms with Crippen molar-refractivity contribution in [3.63, 3.8) is 0 Å². The number of carbonyl (C=O) groups excluding carboxylic acids is 1. The highest BCUT2D eigenvalue weighted by Crippen LogP contribution is 2.24. The summed E-state index contributed by atoms with van der Waals surface area (Å²) in [6, 6.07) is 7.73. The quantitative estimate of drug-likeness (QED) is 0.740. The molecular formula is C11H13NO3S. The van der Waals surface area contributed by atoms with Crippen LogP contribution in [-0.2, 0) is 14.8 Å². The van der Waals surface area contributed by atoms with Crippen molar-refractivity contribution in [3.8, 4) is 0 Å². The van der Waals surface area contributed by atoms with Crippen LogP contribution in [-0.4, -0.2) is 31.6 Å². The first-order chi connectivity index (χ1) is 7.66. The normalized spacial score (nSPS) is 22.1. The molecule has 1 aliphatic heterocycles. The van der Waals surface area contributed by atoms with Gasteiger partial charge in [0.15, 0.2) is 0 Å². The third-order valence-electron chi connectivity index (χ3n) is 2.76. The predicted octanol–water partition coefficient (Wildman–Crippen LogP) is 1.04. The van der Waals surface area contributed by atoms with Gasteiger partial charge in [-0.05, 0) is 25.0 Å². The Bertz CT molecular complexity index is 469. The largest absolute Gasteiger partial charge is 0.302 e. The Morgan fingerprint density at radius 3 is 2.56 bits per heavy atom. The van der Waals surface area contributed by atoms with E-state index in [9.17, 15) is 13.2 Å². The standard InChI is InChI=1S/C11H13NO3S/c13-9-10-5-4-8-12(10)16(14,15)11-6-2-1-3-7-11/h1-3,6-7,9-10H,4-5,8H2. The zero-order chi connectivity index (χ0) is 11.6. The zero-order valence-corrected chi connectivity index (χ0v) is 9.56. The molecule has 4 nitrogen and oxygen atoms in total. The summed E-state index contributed by atoms with van der Waals surface area (Å²) >= 11 is 0. The molecule has 1 aliphatic rings. The first kappa shape index (κ1) is 11.3. The Kier molecular flexibility index (Phi) is 3.07. The monoisotopic (exact) mass is 239 g/mol. The lowest BCUT2D eigenvalue weighted by Crippen LogP contribution is -2.36. The maximum Gasteiger partial charge on any atom is 0.243 e. The van der Waals surface area contributed by atoms with Crippen LogP contribution >= 0.6 is 0 Å². The molecule has 1 aromatic rings. The molecular weight excluding hydrogens is 226 g/mol. The van der Waals surface area contributed by atoms with Crippen molar-refractivity contribution in [2.45, 2.75) is 23.8 Å². The van der Waals surface area contributed by atoms with E-state index in [1.54, 1.807) is 30.3 Å². The van der Waals surface area contributed by atoms with E-state index in [4.69, 9.17) is 0 Å². The van der Waals surface area contributed by atoms with Gasteiger partial charge in [-0.3, -0.25) is 0 Å². The van der Waals surface area contributed by atoms with Crippen molar-refractivity contribution < 1.29 is 13.2 Å². The molecule has 16 heavy (non-hydrogen) atoms. The van der Waals surface area contributed by atoms with Crippen molar-refractivity contribution in [2.75, 3.05) is 6.54 Å². The van der Waals surface area contributed by atoms with E-state index in [0.717, 1.165) is 6.42 Å². The predicted molar refractivity (Wildman–Crippen MR) is 59.4 cm³/mol. The van der Waals surface area contributed by atoms with Crippen molar-refractivity contribution in [3.05, 3.63) is 30.3 Å². The van der Waals surface area contributed by atoms with Gasteiger partial charge in [-0.1, -0.05) is 18.2 Å². The lowest BCUT2D eigenvalue weighted by molar-refractivity contribution is -0.110. The second kappa shape index (κ2) is 4.35. The van der Waals surface area contributed by atoms with E-state index in [1.165, 1.54) is 4.31 Å². The van der Waals surface area contributed by atoms with Crippen LogP contribution in [0.2, 0.25) is 0 Å². The molecule has 0 saturated carbocycles. The summed E-state index contributed by atoms with van der Waals surface area (Å²) in [6.07, 6.45) is 2.08. The topological polar surface area (TPSA) is 54.5 Å². The molecule has 86 valence electrons. The van der Waals surface area contributed by atoms with Crippen molar-refractivity contribution >= 4 is 16.3 Å². The number of carbonyl (C=O) groups is 1. The molecule has 2 rings (SSSR count). The Morgan fingerprint density at radius 1 is 1.25 bits per heavy atom. The van der Waals surface area contributed by atoms with Gasteiger partial charge in [-0.25, -0.2) is 8.42 Å². The van der Waals surface area contributed by atoms with Crippen LogP contribution in [0.3, 0.4) is 0 Å². The molecule has 0 aliphatic carbocycles. The lowest BCUT2D eigenvalue weighted by atomic mass is 10.2. The number of aldehydes is 1. The molecule has 0 radical (unpaired) electrons. The fraction of sp³-hybridized carbons (Fsp3) is 0.364. The molecule has 0 spiro atoms. The van der Waals surface area contributed by atoms with Gasteiger partial charge < -0.3 is 4.79 Å². The molecule has 1 atom stereocenters. The number of hydrogen-bond donors (Lipinski definition) is 0. The Hall–Kier alpha value is -1.20. The second-order valence-electron chi connectivity index (χ2n) is 3.77. The number of rotatable bonds is 3. The lowest BCUT2D eigenvalue weighted by Gasteiger charge is -2.19. The molecule has 5 heteroatoms. The van der Waals surface area contributed by atoms with E-state index < -0.39 is 16.1 Å². The summed E-state index contributed by atoms with van der Waals surface area (Å²) in [6.45, 7) is 0.431. The molecule has 1 saturated heterocycles. The number of hydrogen-bond acceptors (Lipinski definition) is 3. The molecule has 1 heterocycles. The van der Waals surface area contributed by atoms with Gasteiger partial charge in [0.05, 0.1) is 10.9 Å². The van der Waals surface area contributed by atoms with Gasteiger partial charge in [0.25, 0.3) is 0 Å². The van der Waals surface area contributed by atoms with Gasteiger partial charge in [0.2, 0.25) is 10.0 Å². The minimum Gasteiger partial charge on any atom is -0.302 e. The average Bonchev–Trinajstić information content (AvgIpc) is 2.79. The Labute approximate surface area is 94.9 Å². The van der Waals surface area contributed by atoms with Gasteiger partial charge in [-0.15, -0.1) is 0 Å². The molecule has 1 aromatic carbocycles. The van der Waals surface area contributed by atoms with E-state index in [-0.39, 0.29) is 4.90 Å². The van der Waals surface area contributed by atoms with E-state index >= 15 is 0 Å². The second-order valence-corrected chi connectivity index (χ2v) is 5.67. The maximum atomic E-state index is 12.2. The molecule has 0 aromatic heterocycles. The Morgan fingerprint density at radius 2 is 1.94 bits per heavy atom. The van der Waals surface area contributed by atoms with Crippen molar-refractivity contribution in [1.29, 1.82) is 0 Å². The highest BCUT2D eigenvalue weighted by Gasteiger charge is 2.34. The van der Waals surface area contributed by atoms with E-state index in [2.05, 4.69) is 0 Å². The summed E-state index contributed by atoms with van der Waals surface area (Å²) < 4.78 is 25.6. The summed E-state index contributed by atoms with van der Waals surface area (Å²) in [5.74, 6) is 0. The number of nitrogens with zero attached hydrogens (tertiary/aromatic N) is 1. The minimum absolute atomic E-state index is 0.253. The summed E-state index contributed by atoms with van der Waals surface area (Å²) in [5.41, 5.74) is 0. The highest BCUT2D eigenvalue weighted by atomic mass is 32.2. The molecule has 1 unspecified atom stereocenters. The van der Waals surface area contributed by atoms with Crippen LogP contribution in [0, 0.1) is 0 Å². The minimum atomic E-state index is -3.50. The van der Waals surface area contributed by atoms with E-state index in [0.29, 0.717) is 19.3 Å². The van der Waals surface area contributed by atoms with Crippen molar-refractivity contribution in [2.24, 2.45) is 0 Å². The van der Waals surface area contributed by atoms with Gasteiger partial charge in [0, 0.05) is 6.54 Å². The van der Waals surface area contributed by atoms with Crippen LogP contribution in [0.1, 0.15) is 12.8 Å². The first-order valence-corrected chi connectivity index (χ1v) is 6.62. The molecule has 1 fully saturated rings. The Balaban J connectivity index is 2.36. The highest BCUT2D eigenvalue weighted by molar-refractivity contribution is 7.89. The number of sulfonamides is 1. The molecule has 0 N–H and O–H groups in total. The van der Waals surface area contributed by atoms with Crippen LogP contribution in [0.5, 0.6) is 0 Å². The summed E-state index contributed by atoms with van der Waals surface area (Å²) in [4.78, 5) is 11.0. The fourth-order valence-electron chi connectivity index (χ4n) is 1.93. The molecule has 0 amide bonds. The SMILES string of the molecule is O=CC1CCCN1S(=O)(=O)c1ccccc1. The van der Waals surface area contributed by atoms with Crippen molar-refractivity contribution in [1.82, 2.24) is 4.31 Å². The van der Waals surface area contributed by atoms with Gasteiger partial charge in [0.1, 0.15) is 6.29 Å². The third kappa shape index (κ3) is 1.88. The van der Waals surface area contributed by atoms with Crippen LogP contribution in [0.25, 0.3) is 0 Å².